The van der Waals surface area contributed by atoms with Crippen LogP contribution in [-0.2, 0) is 11.5 Å². The molecule has 3 nitrogen and oxygen atoms in total. The highest BCUT2D eigenvalue weighted by atomic mass is 32.1. The molecule has 0 saturated heterocycles. The second kappa shape index (κ2) is 2.92. The van der Waals surface area contributed by atoms with Crippen LogP contribution in [0.15, 0.2) is 4.36 Å². The molecular weight excluding hydrogens is 120 g/mol. The molecule has 0 saturated carbocycles. The van der Waals surface area contributed by atoms with Crippen molar-refractivity contribution in [2.75, 3.05) is 0 Å². The van der Waals surface area contributed by atoms with Crippen molar-refractivity contribution in [1.29, 1.82) is 0 Å². The van der Waals surface area contributed by atoms with E-state index in [1.807, 2.05) is 0 Å². The van der Waals surface area contributed by atoms with Gasteiger partial charge in [0.05, 0.1) is 0 Å². The molecule has 0 aliphatic carbocycles. The number of hydrogen-bond acceptors (Lipinski definition) is 2. The van der Waals surface area contributed by atoms with Crippen molar-refractivity contribution in [2.45, 2.75) is 0 Å². The van der Waals surface area contributed by atoms with Gasteiger partial charge in [0, 0.05) is 0 Å². The normalized spacial score (nSPS) is 6.67. The van der Waals surface area contributed by atoms with Gasteiger partial charge in [0.2, 0.25) is 16.6 Å². The molecule has 0 aromatic rings. The van der Waals surface area contributed by atoms with Crippen molar-refractivity contribution in [3.05, 3.63) is 0 Å². The van der Waals surface area contributed by atoms with Gasteiger partial charge in [-0.05, 0) is 12.2 Å². The van der Waals surface area contributed by atoms with Crippen LogP contribution in [0.3, 0.4) is 0 Å². The summed E-state index contributed by atoms with van der Waals surface area (Å²) in [5, 5.41) is -0.102. The smallest absolute Gasteiger partial charge is 0.207 e. The highest BCUT2D eigenvalue weighted by Crippen LogP contribution is 1.60. The zero-order valence-corrected chi connectivity index (χ0v) is 4.38. The molecule has 5 heteroatoms. The lowest BCUT2D eigenvalue weighted by Gasteiger charge is -1.68. The molecule has 34 valence electrons. The van der Waals surface area contributed by atoms with Crippen LogP contribution in [0.1, 0.15) is 0 Å². The fourth-order valence-electron chi connectivity index (χ4n) is 0.0367. The van der Waals surface area contributed by atoms with Gasteiger partial charge < -0.3 is 5.73 Å². The average Bonchev–Trinajstić information content (AvgIpc) is 1.35. The Morgan fingerprint density at radius 1 is 2.00 bits per heavy atom. The minimum atomic E-state index is -0.102. The van der Waals surface area contributed by atoms with Gasteiger partial charge in [-0.3, -0.25) is 0 Å². The van der Waals surface area contributed by atoms with Crippen LogP contribution in [0.5, 0.6) is 0 Å². The molecule has 0 rings (SSSR count). The first-order valence-corrected chi connectivity index (χ1v) is 2.17. The summed E-state index contributed by atoms with van der Waals surface area (Å²) in [6.45, 7) is 0. The molecule has 2 N–H and O–H groups in total. The fraction of sp³-hybridized carbons (Fsp3) is 0. The number of nitrogens with two attached hydrogens (primary N) is 1. The van der Waals surface area contributed by atoms with E-state index < -0.39 is 0 Å². The number of nitrogens with zero attached hydrogens (tertiary/aromatic N) is 1. The Morgan fingerprint density at radius 3 is 2.50 bits per heavy atom. The van der Waals surface area contributed by atoms with Crippen molar-refractivity contribution >= 4 is 28.8 Å². The largest absolute Gasteiger partial charge is 0.374 e. The lowest BCUT2D eigenvalue weighted by molar-refractivity contribution is 0.698. The van der Waals surface area contributed by atoms with Gasteiger partial charge >= 0.3 is 0 Å². The average molecular weight is 122 g/mol. The molecule has 0 aromatic heterocycles. The highest BCUT2D eigenvalue weighted by molar-refractivity contribution is 7.80. The number of thiocarbonyl (C=S) groups is 1. The van der Waals surface area contributed by atoms with Crippen molar-refractivity contribution in [2.24, 2.45) is 10.1 Å². The van der Waals surface area contributed by atoms with Gasteiger partial charge in [0.1, 0.15) is 0 Å². The van der Waals surface area contributed by atoms with Crippen molar-refractivity contribution in [1.82, 2.24) is 0 Å². The summed E-state index contributed by atoms with van der Waals surface area (Å²) in [5.74, 6) is 0. The summed E-state index contributed by atoms with van der Waals surface area (Å²) < 4.78 is 12.3. The first kappa shape index (κ1) is 5.71. The summed E-state index contributed by atoms with van der Waals surface area (Å²) in [4.78, 5) is 0. The van der Waals surface area contributed by atoms with Crippen LogP contribution < -0.4 is 5.73 Å². The van der Waals surface area contributed by atoms with E-state index in [4.69, 9.17) is 5.73 Å². The van der Waals surface area contributed by atoms with Gasteiger partial charge in [-0.1, -0.05) is 0 Å². The van der Waals surface area contributed by atoms with Gasteiger partial charge in [-0.2, -0.15) is 4.21 Å². The van der Waals surface area contributed by atoms with Gasteiger partial charge in [-0.15, -0.1) is 4.36 Å². The molecule has 0 fully saturated rings. The van der Waals surface area contributed by atoms with E-state index >= 15 is 0 Å². The maximum atomic E-state index is 9.32. The van der Waals surface area contributed by atoms with Crippen molar-refractivity contribution in [3.63, 3.8) is 0 Å². The third-order valence-corrected chi connectivity index (χ3v) is 0.605. The Balaban J connectivity index is 3.60. The monoisotopic (exact) mass is 122 g/mol. The molecule has 0 radical (unpaired) electrons. The maximum Gasteiger partial charge on any atom is 0.207 e. The maximum absolute atomic E-state index is 9.32. The minimum absolute atomic E-state index is 0.0185. The summed E-state index contributed by atoms with van der Waals surface area (Å²) in [6, 6.07) is 0. The molecule has 0 bridgehead atoms. The third kappa shape index (κ3) is 3.71. The van der Waals surface area contributed by atoms with Crippen molar-refractivity contribution in [3.8, 4) is 0 Å². The Bertz CT molecular complexity index is 104. The second-order valence-corrected chi connectivity index (χ2v) is 1.25. The van der Waals surface area contributed by atoms with E-state index in [-0.39, 0.29) is 16.6 Å². The topological polar surface area (TPSA) is 55.4 Å². The van der Waals surface area contributed by atoms with E-state index in [9.17, 15) is 4.21 Å². The zero-order chi connectivity index (χ0) is 4.99. The first-order valence-electron chi connectivity index (χ1n) is 1.07. The Morgan fingerprint density at radius 2 is 2.50 bits per heavy atom. The Hall–Kier alpha value is -0.290. The predicted molar refractivity (Wildman–Crippen MR) is 27.4 cm³/mol. The molecule has 0 unspecified atom stereocenters. The Labute approximate surface area is 43.8 Å². The second-order valence-electron chi connectivity index (χ2n) is 0.504. The van der Waals surface area contributed by atoms with E-state index in [1.54, 1.807) is 0 Å². The third-order valence-electron chi connectivity index (χ3n) is 0.127. The van der Waals surface area contributed by atoms with E-state index in [1.165, 1.54) is 0 Å². The molecule has 6 heavy (non-hydrogen) atoms. The lowest BCUT2D eigenvalue weighted by atomic mass is 11.3. The van der Waals surface area contributed by atoms with Crippen LogP contribution in [0.2, 0.25) is 0 Å². The van der Waals surface area contributed by atoms with E-state index in [2.05, 4.69) is 16.6 Å². The number of rotatable bonds is 0. The highest BCUT2D eigenvalue weighted by Gasteiger charge is 1.69. The van der Waals surface area contributed by atoms with E-state index in [0.29, 0.717) is 0 Å². The molecule has 0 aromatic carbocycles. The van der Waals surface area contributed by atoms with Crippen LogP contribution >= 0.6 is 12.2 Å². The summed E-state index contributed by atoms with van der Waals surface area (Å²) in [5.41, 5.74) is 4.75. The molecule has 0 atom stereocenters. The van der Waals surface area contributed by atoms with Gasteiger partial charge in [-0.25, -0.2) is 0 Å². The fourth-order valence-corrected chi connectivity index (χ4v) is 0.201. The standard InChI is InChI=1S/CH2N2OS2/c2-1(5)3-6-4/h(H2,2,5). The van der Waals surface area contributed by atoms with Crippen molar-refractivity contribution < 1.29 is 4.21 Å². The molecule has 0 amide bonds. The Kier molecular flexibility index (Phi) is 2.78. The van der Waals surface area contributed by atoms with Crippen LogP contribution in [0.25, 0.3) is 0 Å². The minimum Gasteiger partial charge on any atom is -0.374 e. The molecule has 0 aliphatic rings. The quantitative estimate of drug-likeness (QED) is 0.446. The van der Waals surface area contributed by atoms with Crippen LogP contribution in [0.4, 0.5) is 0 Å². The summed E-state index contributed by atoms with van der Waals surface area (Å²) in [6.07, 6.45) is 0. The lowest BCUT2D eigenvalue weighted by Crippen LogP contribution is -2.01. The number of hydrogen-bond donors (Lipinski definition) is 1. The molecule has 0 aliphatic heterocycles. The first-order chi connectivity index (χ1) is 2.77. The van der Waals surface area contributed by atoms with Gasteiger partial charge in [0.15, 0.2) is 0 Å². The SMILES string of the molecule is NC(=S)N=S=O. The predicted octanol–water partition coefficient (Wildman–Crippen LogP) is -0.373. The zero-order valence-electron chi connectivity index (χ0n) is 2.75. The molecule has 0 spiro atoms. The van der Waals surface area contributed by atoms with Gasteiger partial charge in [0.25, 0.3) is 0 Å². The van der Waals surface area contributed by atoms with Crippen LogP contribution in [0, 0.1) is 0 Å². The summed E-state index contributed by atoms with van der Waals surface area (Å²) >= 11 is 4.20. The van der Waals surface area contributed by atoms with E-state index in [0.717, 1.165) is 0 Å². The van der Waals surface area contributed by atoms with Crippen LogP contribution in [-0.4, -0.2) is 9.32 Å². The summed E-state index contributed by atoms with van der Waals surface area (Å²) in [7, 11) is 0. The molecular formula is CH2N2OS2. The molecule has 0 heterocycles.